The van der Waals surface area contributed by atoms with Gasteiger partial charge in [-0.25, -0.2) is 14.4 Å². The van der Waals surface area contributed by atoms with E-state index in [1.54, 1.807) is 41.6 Å². The lowest BCUT2D eigenvalue weighted by atomic mass is 10.1. The first-order chi connectivity index (χ1) is 13.2. The van der Waals surface area contributed by atoms with Gasteiger partial charge in [0.15, 0.2) is 0 Å². The molecule has 3 aromatic rings. The van der Waals surface area contributed by atoms with Gasteiger partial charge in [-0.05, 0) is 36.4 Å². The second-order valence-electron chi connectivity index (χ2n) is 6.31. The molecule has 0 bridgehead atoms. The minimum Gasteiger partial charge on any atom is -0.460 e. The molecule has 4 rings (SSSR count). The summed E-state index contributed by atoms with van der Waals surface area (Å²) in [5.41, 5.74) is 1.78. The molecule has 3 heterocycles. The molecule has 0 radical (unpaired) electrons. The maximum Gasteiger partial charge on any atom is 0.316 e. The highest BCUT2D eigenvalue weighted by atomic mass is 19.1. The summed E-state index contributed by atoms with van der Waals surface area (Å²) in [6.07, 6.45) is 4.69. The Hall–Kier alpha value is -3.29. The number of carbonyl (C=O) groups is 1. The van der Waals surface area contributed by atoms with Crippen LogP contribution in [0.25, 0.3) is 11.3 Å². The predicted molar refractivity (Wildman–Crippen MR) is 95.6 cm³/mol. The third kappa shape index (κ3) is 3.94. The van der Waals surface area contributed by atoms with Crippen molar-refractivity contribution in [2.24, 2.45) is 0 Å². The summed E-state index contributed by atoms with van der Waals surface area (Å²) in [5.74, 6) is -0.415. The van der Waals surface area contributed by atoms with Crippen molar-refractivity contribution in [2.75, 3.05) is 13.1 Å². The molecule has 0 spiro atoms. The average Bonchev–Trinajstić information content (AvgIpc) is 3.20. The number of aromatic amines is 1. The van der Waals surface area contributed by atoms with Crippen molar-refractivity contribution in [1.29, 1.82) is 0 Å². The Kier molecular flexibility index (Phi) is 4.78. The highest BCUT2D eigenvalue weighted by molar-refractivity contribution is 5.93. The van der Waals surface area contributed by atoms with Gasteiger partial charge in [0.2, 0.25) is 0 Å². The van der Waals surface area contributed by atoms with E-state index in [2.05, 4.69) is 20.2 Å². The summed E-state index contributed by atoms with van der Waals surface area (Å²) in [5, 5.41) is 6.95. The molecule has 1 fully saturated rings. The Labute approximate surface area is 155 Å². The van der Waals surface area contributed by atoms with Crippen molar-refractivity contribution in [3.63, 3.8) is 0 Å². The zero-order chi connectivity index (χ0) is 18.6. The van der Waals surface area contributed by atoms with Crippen molar-refractivity contribution in [3.05, 3.63) is 60.3 Å². The molecule has 1 aliphatic heterocycles. The van der Waals surface area contributed by atoms with E-state index in [4.69, 9.17) is 4.74 Å². The number of likely N-dealkylation sites (tertiary alicyclic amines) is 1. The molecule has 0 atom stereocenters. The Bertz CT molecular complexity index is 905. The summed E-state index contributed by atoms with van der Waals surface area (Å²) < 4.78 is 18.8. The fourth-order valence-corrected chi connectivity index (χ4v) is 3.04. The van der Waals surface area contributed by atoms with Gasteiger partial charge in [-0.3, -0.25) is 9.89 Å². The van der Waals surface area contributed by atoms with Crippen molar-refractivity contribution in [3.8, 4) is 17.3 Å². The van der Waals surface area contributed by atoms with Crippen LogP contribution in [0.1, 0.15) is 23.3 Å². The smallest absolute Gasteiger partial charge is 0.316 e. The third-order valence-electron chi connectivity index (χ3n) is 4.49. The molecule has 0 unspecified atom stereocenters. The standard InChI is InChI=1S/C19H18FN5O2/c20-14-4-2-13(3-5-14)16-12-17(24-23-16)18(26)25-10-6-15(7-11-25)27-19-21-8-1-9-22-19/h1-5,8-9,12,15H,6-7,10-11H2,(H,23,24). The van der Waals surface area contributed by atoms with E-state index in [1.165, 1.54) is 12.1 Å². The number of nitrogens with zero attached hydrogens (tertiary/aromatic N) is 4. The van der Waals surface area contributed by atoms with E-state index in [9.17, 15) is 9.18 Å². The Balaban J connectivity index is 1.36. The van der Waals surface area contributed by atoms with Crippen LogP contribution in [0.4, 0.5) is 4.39 Å². The van der Waals surface area contributed by atoms with E-state index >= 15 is 0 Å². The van der Waals surface area contributed by atoms with Gasteiger partial charge in [-0.1, -0.05) is 0 Å². The zero-order valence-corrected chi connectivity index (χ0v) is 14.5. The maximum atomic E-state index is 13.0. The van der Waals surface area contributed by atoms with Gasteiger partial charge < -0.3 is 9.64 Å². The van der Waals surface area contributed by atoms with Crippen molar-refractivity contribution >= 4 is 5.91 Å². The van der Waals surface area contributed by atoms with Gasteiger partial charge >= 0.3 is 6.01 Å². The van der Waals surface area contributed by atoms with Gasteiger partial charge in [0.1, 0.15) is 17.6 Å². The largest absolute Gasteiger partial charge is 0.460 e. The average molecular weight is 367 g/mol. The van der Waals surface area contributed by atoms with Crippen LogP contribution >= 0.6 is 0 Å². The van der Waals surface area contributed by atoms with E-state index in [0.29, 0.717) is 43.3 Å². The van der Waals surface area contributed by atoms with Gasteiger partial charge in [-0.15, -0.1) is 0 Å². The number of nitrogens with one attached hydrogen (secondary N) is 1. The van der Waals surface area contributed by atoms with E-state index in [-0.39, 0.29) is 17.8 Å². The molecule has 138 valence electrons. The molecule has 1 aliphatic rings. The molecule has 8 heteroatoms. The molecule has 0 aliphatic carbocycles. The number of rotatable bonds is 4. The predicted octanol–water partition coefficient (Wildman–Crippen LogP) is 2.69. The minimum absolute atomic E-state index is 0.00649. The highest BCUT2D eigenvalue weighted by Crippen LogP contribution is 2.21. The highest BCUT2D eigenvalue weighted by Gasteiger charge is 2.26. The summed E-state index contributed by atoms with van der Waals surface area (Å²) in [6, 6.07) is 9.79. The van der Waals surface area contributed by atoms with E-state index in [0.717, 1.165) is 5.56 Å². The number of hydrogen-bond donors (Lipinski definition) is 1. The van der Waals surface area contributed by atoms with Gasteiger partial charge in [0.25, 0.3) is 5.91 Å². The lowest BCUT2D eigenvalue weighted by molar-refractivity contribution is 0.0573. The fourth-order valence-electron chi connectivity index (χ4n) is 3.04. The molecule has 1 amide bonds. The molecule has 1 aromatic carbocycles. The molecular weight excluding hydrogens is 349 g/mol. The van der Waals surface area contributed by atoms with Gasteiger partial charge in [0.05, 0.1) is 5.69 Å². The van der Waals surface area contributed by atoms with Gasteiger partial charge in [-0.2, -0.15) is 5.10 Å². The number of benzene rings is 1. The van der Waals surface area contributed by atoms with Crippen LogP contribution in [0.3, 0.4) is 0 Å². The second-order valence-corrected chi connectivity index (χ2v) is 6.31. The van der Waals surface area contributed by atoms with Crippen molar-refractivity contribution < 1.29 is 13.9 Å². The summed E-state index contributed by atoms with van der Waals surface area (Å²) in [7, 11) is 0. The lowest BCUT2D eigenvalue weighted by Crippen LogP contribution is -2.42. The molecule has 0 saturated carbocycles. The van der Waals surface area contributed by atoms with Crippen LogP contribution in [-0.4, -0.2) is 50.2 Å². The van der Waals surface area contributed by atoms with Crippen LogP contribution < -0.4 is 4.74 Å². The molecule has 7 nitrogen and oxygen atoms in total. The third-order valence-corrected chi connectivity index (χ3v) is 4.49. The lowest BCUT2D eigenvalue weighted by Gasteiger charge is -2.31. The molecule has 1 saturated heterocycles. The first-order valence-corrected chi connectivity index (χ1v) is 8.73. The maximum absolute atomic E-state index is 13.0. The van der Waals surface area contributed by atoms with Crippen LogP contribution in [-0.2, 0) is 0 Å². The normalized spacial score (nSPS) is 14.9. The molecule has 2 aromatic heterocycles. The molecule has 27 heavy (non-hydrogen) atoms. The van der Waals surface area contributed by atoms with Crippen molar-refractivity contribution in [1.82, 2.24) is 25.1 Å². The monoisotopic (exact) mass is 367 g/mol. The molecule has 1 N–H and O–H groups in total. The quantitative estimate of drug-likeness (QED) is 0.766. The Morgan fingerprint density at radius 2 is 1.85 bits per heavy atom. The van der Waals surface area contributed by atoms with E-state index < -0.39 is 0 Å². The molecular formula is C19H18FN5O2. The number of amides is 1. The fraction of sp³-hybridized carbons (Fsp3) is 0.263. The summed E-state index contributed by atoms with van der Waals surface area (Å²) >= 11 is 0. The number of hydrogen-bond acceptors (Lipinski definition) is 5. The van der Waals surface area contributed by atoms with E-state index in [1.807, 2.05) is 0 Å². The topological polar surface area (TPSA) is 84.0 Å². The number of piperidine rings is 1. The zero-order valence-electron chi connectivity index (χ0n) is 14.5. The SMILES string of the molecule is O=C(c1cc(-c2ccc(F)cc2)n[nH]1)N1CCC(Oc2ncccn2)CC1. The number of H-pyrrole nitrogens is 1. The van der Waals surface area contributed by atoms with Crippen LogP contribution in [0.5, 0.6) is 6.01 Å². The minimum atomic E-state index is -0.309. The Morgan fingerprint density at radius 1 is 1.15 bits per heavy atom. The number of aromatic nitrogens is 4. The van der Waals surface area contributed by atoms with Crippen LogP contribution in [0.2, 0.25) is 0 Å². The Morgan fingerprint density at radius 3 is 2.56 bits per heavy atom. The van der Waals surface area contributed by atoms with Crippen LogP contribution in [0, 0.1) is 5.82 Å². The summed E-state index contributed by atoms with van der Waals surface area (Å²) in [4.78, 5) is 22.6. The number of carbonyl (C=O) groups excluding carboxylic acids is 1. The van der Waals surface area contributed by atoms with Crippen LogP contribution in [0.15, 0.2) is 48.8 Å². The summed E-state index contributed by atoms with van der Waals surface area (Å²) in [6.45, 7) is 1.17. The van der Waals surface area contributed by atoms with Crippen molar-refractivity contribution in [2.45, 2.75) is 18.9 Å². The first kappa shape index (κ1) is 17.1. The second kappa shape index (κ2) is 7.53. The first-order valence-electron chi connectivity index (χ1n) is 8.73. The number of ether oxygens (including phenoxy) is 1. The van der Waals surface area contributed by atoms with Gasteiger partial charge in [0, 0.05) is 43.9 Å². The number of halogens is 1.